The minimum atomic E-state index is 0.120. The Morgan fingerprint density at radius 2 is 2.10 bits per heavy atom. The van der Waals surface area contributed by atoms with E-state index >= 15 is 0 Å². The summed E-state index contributed by atoms with van der Waals surface area (Å²) in [5, 5.41) is 0. The average Bonchev–Trinajstić information content (AvgIpc) is 2.51. The minimum Gasteiger partial charge on any atom is -0.382 e. The molecule has 1 aromatic rings. The fraction of sp³-hybridized carbons (Fsp3) is 0.562. The van der Waals surface area contributed by atoms with E-state index in [0.717, 1.165) is 42.6 Å². The lowest BCUT2D eigenvalue weighted by atomic mass is 9.97. The quantitative estimate of drug-likeness (QED) is 0.736. The van der Waals surface area contributed by atoms with E-state index < -0.39 is 0 Å². The molecular weight excluding hydrogens is 334 g/mol. The number of rotatable bonds is 6. The fourth-order valence-electron chi connectivity index (χ4n) is 2.50. The maximum absolute atomic E-state index is 12.4. The minimum absolute atomic E-state index is 0.120. The number of halogens is 1. The molecule has 1 saturated heterocycles. The molecule has 0 bridgehead atoms. The SMILES string of the molecule is COCCOCC1CCN(C(=O)c2cccc(Br)c2)CC1. The van der Waals surface area contributed by atoms with Crippen LogP contribution < -0.4 is 0 Å². The lowest BCUT2D eigenvalue weighted by molar-refractivity contribution is 0.0327. The van der Waals surface area contributed by atoms with Crippen molar-refractivity contribution in [3.8, 4) is 0 Å². The van der Waals surface area contributed by atoms with Gasteiger partial charge in [-0.05, 0) is 37.0 Å². The number of carbonyl (C=O) groups excluding carboxylic acids is 1. The average molecular weight is 356 g/mol. The van der Waals surface area contributed by atoms with Crippen LogP contribution in [0.25, 0.3) is 0 Å². The van der Waals surface area contributed by atoms with E-state index in [4.69, 9.17) is 9.47 Å². The highest BCUT2D eigenvalue weighted by molar-refractivity contribution is 9.10. The molecule has 5 heteroatoms. The predicted molar refractivity (Wildman–Crippen MR) is 85.5 cm³/mol. The lowest BCUT2D eigenvalue weighted by Gasteiger charge is -2.32. The number of likely N-dealkylation sites (tertiary alicyclic amines) is 1. The molecule has 1 aliphatic heterocycles. The Morgan fingerprint density at radius 3 is 2.76 bits per heavy atom. The van der Waals surface area contributed by atoms with Crippen LogP contribution >= 0.6 is 15.9 Å². The number of hydrogen-bond acceptors (Lipinski definition) is 3. The first-order chi connectivity index (χ1) is 10.2. The first-order valence-electron chi connectivity index (χ1n) is 7.32. The van der Waals surface area contributed by atoms with Gasteiger partial charge in [0.25, 0.3) is 5.91 Å². The molecule has 1 fully saturated rings. The van der Waals surface area contributed by atoms with Gasteiger partial charge in [-0.2, -0.15) is 0 Å². The van der Waals surface area contributed by atoms with Crippen LogP contribution in [0.3, 0.4) is 0 Å². The Bertz CT molecular complexity index is 459. The third kappa shape index (κ3) is 5.09. The van der Waals surface area contributed by atoms with Gasteiger partial charge in [-0.15, -0.1) is 0 Å². The van der Waals surface area contributed by atoms with Crippen LogP contribution in [0, 0.1) is 5.92 Å². The van der Waals surface area contributed by atoms with E-state index in [1.807, 2.05) is 29.2 Å². The van der Waals surface area contributed by atoms with Gasteiger partial charge in [0.15, 0.2) is 0 Å². The molecular formula is C16H22BrNO3. The topological polar surface area (TPSA) is 38.8 Å². The normalized spacial score (nSPS) is 16.2. The summed E-state index contributed by atoms with van der Waals surface area (Å²) in [6.07, 6.45) is 2.01. The van der Waals surface area contributed by atoms with Crippen molar-refractivity contribution in [3.63, 3.8) is 0 Å². The Hall–Kier alpha value is -0.910. The lowest BCUT2D eigenvalue weighted by Crippen LogP contribution is -2.39. The molecule has 0 atom stereocenters. The van der Waals surface area contributed by atoms with Crippen molar-refractivity contribution in [2.45, 2.75) is 12.8 Å². The van der Waals surface area contributed by atoms with Gasteiger partial charge < -0.3 is 14.4 Å². The van der Waals surface area contributed by atoms with E-state index in [9.17, 15) is 4.79 Å². The molecule has 1 aromatic carbocycles. The van der Waals surface area contributed by atoms with Crippen LogP contribution in [0.1, 0.15) is 23.2 Å². The number of nitrogens with zero attached hydrogens (tertiary/aromatic N) is 1. The fourth-order valence-corrected chi connectivity index (χ4v) is 2.90. The van der Waals surface area contributed by atoms with Gasteiger partial charge in [0, 0.05) is 36.8 Å². The molecule has 1 amide bonds. The Balaban J connectivity index is 1.77. The summed E-state index contributed by atoms with van der Waals surface area (Å²) in [4.78, 5) is 14.4. The van der Waals surface area contributed by atoms with Crippen molar-refractivity contribution in [1.29, 1.82) is 0 Å². The summed E-state index contributed by atoms with van der Waals surface area (Å²) in [5.74, 6) is 0.670. The third-order valence-electron chi connectivity index (χ3n) is 3.76. The van der Waals surface area contributed by atoms with Crippen molar-refractivity contribution < 1.29 is 14.3 Å². The molecule has 0 unspecified atom stereocenters. The number of benzene rings is 1. The van der Waals surface area contributed by atoms with Crippen LogP contribution in [0.2, 0.25) is 0 Å². The number of methoxy groups -OCH3 is 1. The second-order valence-electron chi connectivity index (χ2n) is 5.31. The molecule has 0 aromatic heterocycles. The molecule has 1 heterocycles. The van der Waals surface area contributed by atoms with E-state index in [2.05, 4.69) is 15.9 Å². The zero-order valence-corrected chi connectivity index (χ0v) is 14.0. The van der Waals surface area contributed by atoms with Crippen LogP contribution in [0.15, 0.2) is 28.7 Å². The summed E-state index contributed by atoms with van der Waals surface area (Å²) >= 11 is 3.41. The summed E-state index contributed by atoms with van der Waals surface area (Å²) in [6.45, 7) is 3.67. The van der Waals surface area contributed by atoms with Gasteiger partial charge in [-0.25, -0.2) is 0 Å². The monoisotopic (exact) mass is 355 g/mol. The van der Waals surface area contributed by atoms with Crippen LogP contribution in [-0.4, -0.2) is 50.8 Å². The van der Waals surface area contributed by atoms with Crippen LogP contribution in [0.4, 0.5) is 0 Å². The van der Waals surface area contributed by atoms with E-state index in [1.54, 1.807) is 7.11 Å². The molecule has 0 radical (unpaired) electrons. The Morgan fingerprint density at radius 1 is 1.33 bits per heavy atom. The summed E-state index contributed by atoms with van der Waals surface area (Å²) in [5.41, 5.74) is 0.749. The highest BCUT2D eigenvalue weighted by Crippen LogP contribution is 2.20. The molecule has 21 heavy (non-hydrogen) atoms. The van der Waals surface area contributed by atoms with Gasteiger partial charge in [-0.3, -0.25) is 4.79 Å². The van der Waals surface area contributed by atoms with Crippen LogP contribution in [-0.2, 0) is 9.47 Å². The smallest absolute Gasteiger partial charge is 0.253 e. The molecule has 0 spiro atoms. The molecule has 1 aliphatic rings. The van der Waals surface area contributed by atoms with Crippen molar-refractivity contribution in [1.82, 2.24) is 4.90 Å². The van der Waals surface area contributed by atoms with Gasteiger partial charge in [0.1, 0.15) is 0 Å². The maximum atomic E-state index is 12.4. The first kappa shape index (κ1) is 16.5. The van der Waals surface area contributed by atoms with Gasteiger partial charge in [0.05, 0.1) is 13.2 Å². The highest BCUT2D eigenvalue weighted by atomic mass is 79.9. The van der Waals surface area contributed by atoms with Crippen molar-refractivity contribution in [2.24, 2.45) is 5.92 Å². The van der Waals surface area contributed by atoms with Crippen molar-refractivity contribution in [3.05, 3.63) is 34.3 Å². The van der Waals surface area contributed by atoms with Crippen molar-refractivity contribution >= 4 is 21.8 Å². The van der Waals surface area contributed by atoms with Gasteiger partial charge in [0.2, 0.25) is 0 Å². The highest BCUT2D eigenvalue weighted by Gasteiger charge is 2.23. The van der Waals surface area contributed by atoms with Crippen molar-refractivity contribution in [2.75, 3.05) is 40.0 Å². The zero-order chi connectivity index (χ0) is 15.1. The maximum Gasteiger partial charge on any atom is 0.253 e. The van der Waals surface area contributed by atoms with E-state index in [1.165, 1.54) is 0 Å². The zero-order valence-electron chi connectivity index (χ0n) is 12.4. The third-order valence-corrected chi connectivity index (χ3v) is 4.25. The van der Waals surface area contributed by atoms with E-state index in [-0.39, 0.29) is 5.91 Å². The number of carbonyl (C=O) groups is 1. The number of ether oxygens (including phenoxy) is 2. The van der Waals surface area contributed by atoms with E-state index in [0.29, 0.717) is 19.1 Å². The molecule has 2 rings (SSSR count). The Kier molecular flexibility index (Phi) is 6.67. The summed E-state index contributed by atoms with van der Waals surface area (Å²) in [6, 6.07) is 7.57. The molecule has 0 N–H and O–H groups in total. The summed E-state index contributed by atoms with van der Waals surface area (Å²) in [7, 11) is 1.68. The second kappa shape index (κ2) is 8.51. The Labute approximate surface area is 134 Å². The molecule has 4 nitrogen and oxygen atoms in total. The second-order valence-corrected chi connectivity index (χ2v) is 6.23. The van der Waals surface area contributed by atoms with Crippen LogP contribution in [0.5, 0.6) is 0 Å². The number of amides is 1. The largest absolute Gasteiger partial charge is 0.382 e. The number of hydrogen-bond donors (Lipinski definition) is 0. The first-order valence-corrected chi connectivity index (χ1v) is 8.11. The number of piperidine rings is 1. The molecule has 0 saturated carbocycles. The molecule has 0 aliphatic carbocycles. The summed E-state index contributed by atoms with van der Waals surface area (Å²) < 4.78 is 11.5. The predicted octanol–water partition coefficient (Wildman–Crippen LogP) is 2.96. The standard InChI is InChI=1S/C16H22BrNO3/c1-20-9-10-21-12-13-5-7-18(8-6-13)16(19)14-3-2-4-15(17)11-14/h2-4,11,13H,5-10,12H2,1H3. The van der Waals surface area contributed by atoms with Gasteiger partial charge >= 0.3 is 0 Å². The van der Waals surface area contributed by atoms with Gasteiger partial charge in [-0.1, -0.05) is 22.0 Å². The molecule has 116 valence electrons.